The summed E-state index contributed by atoms with van der Waals surface area (Å²) in [7, 11) is 0. The summed E-state index contributed by atoms with van der Waals surface area (Å²) in [4.78, 5) is 13.7. The van der Waals surface area contributed by atoms with Gasteiger partial charge in [0, 0.05) is 11.8 Å². The molecule has 24 atom stereocenters. The molecule has 0 amide bonds. The first-order valence-corrected chi connectivity index (χ1v) is 23.7. The third-order valence-corrected chi connectivity index (χ3v) is 19.3. The highest BCUT2D eigenvalue weighted by atomic mass is 16.8. The van der Waals surface area contributed by atoms with Gasteiger partial charge in [-0.3, -0.25) is 4.79 Å². The first kappa shape index (κ1) is 47.7. The van der Waals surface area contributed by atoms with Crippen molar-refractivity contribution in [2.24, 2.45) is 50.2 Å². The van der Waals surface area contributed by atoms with Gasteiger partial charge in [-0.05, 0) is 91.3 Å². The molecule has 0 radical (unpaired) electrons. The van der Waals surface area contributed by atoms with Crippen molar-refractivity contribution in [2.45, 2.75) is 211 Å². The average molecular weight is 911 g/mol. The van der Waals surface area contributed by atoms with Crippen LogP contribution in [0.25, 0.3) is 0 Å². The molecular formula is C47H74O17. The molecule has 364 valence electrons. The molecule has 4 aliphatic heterocycles. The Bertz CT molecular complexity index is 1810. The van der Waals surface area contributed by atoms with Crippen LogP contribution in [0.3, 0.4) is 0 Å². The van der Waals surface area contributed by atoms with Crippen LogP contribution >= 0.6 is 0 Å². The van der Waals surface area contributed by atoms with Gasteiger partial charge in [-0.1, -0.05) is 60.1 Å². The average Bonchev–Trinajstić information content (AvgIpc) is 3.55. The van der Waals surface area contributed by atoms with Crippen molar-refractivity contribution in [3.63, 3.8) is 0 Å². The first-order chi connectivity index (χ1) is 29.8. The summed E-state index contributed by atoms with van der Waals surface area (Å²) in [6.07, 6.45) is -13.5. The van der Waals surface area contributed by atoms with E-state index in [0.717, 1.165) is 32.1 Å². The molecule has 2 bridgehead atoms. The predicted octanol–water partition coefficient (Wildman–Crippen LogP) is 0.794. The molecule has 0 aromatic rings. The highest BCUT2D eigenvalue weighted by Crippen LogP contribution is 2.76. The van der Waals surface area contributed by atoms with Gasteiger partial charge in [-0.25, -0.2) is 0 Å². The lowest BCUT2D eigenvalue weighted by Crippen LogP contribution is -2.67. The number of fused-ring (bicyclic) bond motifs is 7. The topological polar surface area (TPSA) is 264 Å². The molecule has 1 spiro atoms. The highest BCUT2D eigenvalue weighted by molar-refractivity contribution is 5.82. The van der Waals surface area contributed by atoms with Crippen molar-refractivity contribution in [1.29, 1.82) is 0 Å². The van der Waals surface area contributed by atoms with Crippen molar-refractivity contribution in [3.8, 4) is 0 Å². The minimum absolute atomic E-state index is 0.0691. The van der Waals surface area contributed by atoms with E-state index in [-0.39, 0.29) is 58.1 Å². The van der Waals surface area contributed by atoms with Crippen molar-refractivity contribution in [1.82, 2.24) is 0 Å². The van der Waals surface area contributed by atoms with Crippen molar-refractivity contribution < 1.29 is 83.9 Å². The SMILES string of the molecule is C[C@H]1O[C@@H](OC[C@H]2O[C@@H](O[C@H]3CC[C@@]4(C)C(CC[C@]5(C)C4CC=C4[C@@H]6CC(C)(C)[C@@H]7C[C@]6(C(=O)O7)[C@H](O)C[C@]45C)C3(C)C)[C@H](O)[C@@H](O)[C@@H]2O)[C@H](O[C@@H]2OC[C@@H](O)[C@H](O)[C@H]2O)[C@@H](O)[C@H]1O. The number of aliphatic hydroxyl groups is 9. The van der Waals surface area contributed by atoms with Gasteiger partial charge in [0.1, 0.15) is 72.6 Å². The fourth-order valence-corrected chi connectivity index (χ4v) is 15.2. The molecule has 4 saturated heterocycles. The molecule has 9 rings (SSSR count). The fourth-order valence-electron chi connectivity index (χ4n) is 15.2. The Hall–Kier alpha value is -1.39. The number of aliphatic hydroxyl groups excluding tert-OH is 9. The van der Waals surface area contributed by atoms with Crippen molar-refractivity contribution in [3.05, 3.63) is 11.6 Å². The lowest BCUT2D eigenvalue weighted by Gasteiger charge is -2.71. The maximum absolute atomic E-state index is 13.7. The Kier molecular flexibility index (Phi) is 12.0. The quantitative estimate of drug-likeness (QED) is 0.0972. The minimum atomic E-state index is -1.70. The zero-order valence-electron chi connectivity index (χ0n) is 38.5. The first-order valence-electron chi connectivity index (χ1n) is 23.7. The van der Waals surface area contributed by atoms with Gasteiger partial charge < -0.3 is 79.1 Å². The molecular weight excluding hydrogens is 837 g/mol. The third kappa shape index (κ3) is 6.83. The van der Waals surface area contributed by atoms with Gasteiger partial charge >= 0.3 is 5.97 Å². The van der Waals surface area contributed by atoms with Crippen LogP contribution in [0.5, 0.6) is 0 Å². The fraction of sp³-hybridized carbons (Fsp3) is 0.936. The molecule has 9 N–H and O–H groups in total. The van der Waals surface area contributed by atoms with Crippen LogP contribution in [0, 0.1) is 50.2 Å². The van der Waals surface area contributed by atoms with Crippen LogP contribution in [-0.4, -0.2) is 169 Å². The monoisotopic (exact) mass is 910 g/mol. The summed E-state index contributed by atoms with van der Waals surface area (Å²) >= 11 is 0. The Labute approximate surface area is 375 Å². The predicted molar refractivity (Wildman–Crippen MR) is 222 cm³/mol. The summed E-state index contributed by atoms with van der Waals surface area (Å²) in [6.45, 7) is 16.6. The zero-order chi connectivity index (χ0) is 46.4. The molecule has 4 heterocycles. The van der Waals surface area contributed by atoms with Gasteiger partial charge in [-0.15, -0.1) is 0 Å². The van der Waals surface area contributed by atoms with Gasteiger partial charge in [0.05, 0.1) is 31.5 Å². The smallest absolute Gasteiger partial charge is 0.315 e. The summed E-state index contributed by atoms with van der Waals surface area (Å²) in [5.41, 5.74) is -0.760. The second-order valence-corrected chi connectivity index (χ2v) is 23.3. The van der Waals surface area contributed by atoms with Gasteiger partial charge in [0.2, 0.25) is 0 Å². The molecule has 17 nitrogen and oxygen atoms in total. The van der Waals surface area contributed by atoms with E-state index in [9.17, 15) is 50.8 Å². The Morgan fingerprint density at radius 3 is 2.14 bits per heavy atom. The van der Waals surface area contributed by atoms with E-state index < -0.39 is 116 Å². The maximum atomic E-state index is 13.7. The summed E-state index contributed by atoms with van der Waals surface area (Å²) in [5, 5.41) is 97.9. The van der Waals surface area contributed by atoms with E-state index in [1.165, 1.54) is 12.5 Å². The Balaban J connectivity index is 0.901. The number of hydrogen-bond donors (Lipinski definition) is 9. The number of carbonyl (C=O) groups excluding carboxylic acids is 1. The second-order valence-electron chi connectivity index (χ2n) is 23.3. The molecule has 5 aliphatic carbocycles. The molecule has 9 aliphatic rings. The van der Waals surface area contributed by atoms with E-state index in [1.54, 1.807) is 0 Å². The third-order valence-electron chi connectivity index (χ3n) is 19.3. The molecule has 17 heteroatoms. The number of hydrogen-bond acceptors (Lipinski definition) is 17. The van der Waals surface area contributed by atoms with Crippen LogP contribution in [0.4, 0.5) is 0 Å². The zero-order valence-corrected chi connectivity index (χ0v) is 38.5. The number of esters is 1. The van der Waals surface area contributed by atoms with Gasteiger partial charge in [-0.2, -0.15) is 0 Å². The highest BCUT2D eigenvalue weighted by Gasteiger charge is 2.74. The summed E-state index contributed by atoms with van der Waals surface area (Å²) < 4.78 is 41.8. The Morgan fingerprint density at radius 2 is 1.42 bits per heavy atom. The van der Waals surface area contributed by atoms with E-state index in [1.807, 2.05) is 0 Å². The largest absolute Gasteiger partial charge is 0.461 e. The second kappa shape index (κ2) is 16.1. The molecule has 64 heavy (non-hydrogen) atoms. The maximum Gasteiger partial charge on any atom is 0.315 e. The lowest BCUT2D eigenvalue weighted by atomic mass is 9.33. The number of allylic oxidation sites excluding steroid dienone is 2. The molecule has 0 aromatic heterocycles. The van der Waals surface area contributed by atoms with Crippen LogP contribution in [0.15, 0.2) is 11.6 Å². The molecule has 2 unspecified atom stereocenters. The molecule has 0 aromatic carbocycles. The number of carbonyl (C=O) groups is 1. The van der Waals surface area contributed by atoms with E-state index >= 15 is 0 Å². The normalized spacial score (nSPS) is 56.5. The van der Waals surface area contributed by atoms with Gasteiger partial charge in [0.15, 0.2) is 18.9 Å². The number of rotatable bonds is 7. The van der Waals surface area contributed by atoms with Crippen molar-refractivity contribution in [2.75, 3.05) is 13.2 Å². The van der Waals surface area contributed by atoms with E-state index in [0.29, 0.717) is 19.3 Å². The van der Waals surface area contributed by atoms with Crippen LogP contribution in [0.2, 0.25) is 0 Å². The minimum Gasteiger partial charge on any atom is -0.461 e. The number of ether oxygens (including phenoxy) is 7. The van der Waals surface area contributed by atoms with Gasteiger partial charge in [0.25, 0.3) is 0 Å². The van der Waals surface area contributed by atoms with Crippen LogP contribution < -0.4 is 0 Å². The standard InChI is InChI=1S/C47H74O17/c1-20-30(50)34(54)37(64-38-35(55)31(51)23(48)18-58-38)40(60-20)59-19-24-32(52)33(53)36(56)39(61-24)62-28-12-13-44(6)25(43(28,4)5)11-14-45(7)26(44)10-9-21-22-15-42(2,3)29-17-47(22,41(57)63-29)27(49)16-46(21,45)8/h9,20,22-40,48-56H,10-19H2,1-8H3/t20-,22+,23-,24-,25?,26?,27-,28+,29+,30+,31+,32-,33+,34+,35-,36-,37-,38+,39+,40-,44+,45-,46-,47-/m1/s1. The molecule has 4 saturated carbocycles. The van der Waals surface area contributed by atoms with Crippen LogP contribution in [-0.2, 0) is 38.0 Å². The molecule has 8 fully saturated rings. The summed E-state index contributed by atoms with van der Waals surface area (Å²) in [6, 6.07) is 0. The van der Waals surface area contributed by atoms with E-state index in [4.69, 9.17) is 33.2 Å². The van der Waals surface area contributed by atoms with Crippen LogP contribution in [0.1, 0.15) is 107 Å². The lowest BCUT2D eigenvalue weighted by molar-refractivity contribution is -0.365. The van der Waals surface area contributed by atoms with Crippen molar-refractivity contribution >= 4 is 5.97 Å². The van der Waals surface area contributed by atoms with E-state index in [2.05, 4.69) is 54.5 Å². The summed E-state index contributed by atoms with van der Waals surface area (Å²) in [5.74, 6) is 0.180. The Morgan fingerprint density at radius 1 is 0.719 bits per heavy atom.